The zero-order valence-corrected chi connectivity index (χ0v) is 13.7. The molecular formula is C13H21BrN4O2. The quantitative estimate of drug-likeness (QED) is 0.445. The Kier molecular flexibility index (Phi) is 6.87. The highest BCUT2D eigenvalue weighted by Crippen LogP contribution is 2.24. The molecule has 1 aromatic heterocycles. The molecule has 0 atom stereocenters. The Morgan fingerprint density at radius 2 is 2.20 bits per heavy atom. The van der Waals surface area contributed by atoms with Gasteiger partial charge in [-0.15, -0.1) is 0 Å². The Bertz CT molecular complexity index is 454. The minimum Gasteiger partial charge on any atom is -0.369 e. The highest BCUT2D eigenvalue weighted by molar-refractivity contribution is 9.10. The summed E-state index contributed by atoms with van der Waals surface area (Å²) in [6.07, 6.45) is 3.40. The van der Waals surface area contributed by atoms with Gasteiger partial charge < -0.3 is 10.2 Å². The monoisotopic (exact) mass is 344 g/mol. The summed E-state index contributed by atoms with van der Waals surface area (Å²) in [5.74, 6) is 0.646. The molecule has 7 heteroatoms. The highest BCUT2D eigenvalue weighted by Gasteiger charge is 2.10. The van der Waals surface area contributed by atoms with Crippen molar-refractivity contribution in [2.24, 2.45) is 0 Å². The zero-order chi connectivity index (χ0) is 15.1. The second-order valence-electron chi connectivity index (χ2n) is 4.99. The van der Waals surface area contributed by atoms with Crippen LogP contribution in [-0.2, 0) is 0 Å². The maximum absolute atomic E-state index is 10.6. The van der Waals surface area contributed by atoms with Crippen LogP contribution in [0.5, 0.6) is 0 Å². The molecule has 0 bridgehead atoms. The van der Waals surface area contributed by atoms with Crippen molar-refractivity contribution < 1.29 is 4.92 Å². The van der Waals surface area contributed by atoms with Crippen molar-refractivity contribution in [3.63, 3.8) is 0 Å². The summed E-state index contributed by atoms with van der Waals surface area (Å²) in [4.78, 5) is 16.5. The number of aromatic nitrogens is 1. The molecule has 0 amide bonds. The van der Waals surface area contributed by atoms with E-state index in [-0.39, 0.29) is 5.69 Å². The van der Waals surface area contributed by atoms with Crippen LogP contribution in [0.15, 0.2) is 16.7 Å². The number of nitro groups is 1. The molecule has 20 heavy (non-hydrogen) atoms. The largest absolute Gasteiger partial charge is 0.369 e. The molecular weight excluding hydrogens is 324 g/mol. The van der Waals surface area contributed by atoms with Gasteiger partial charge in [-0.1, -0.05) is 0 Å². The average molecular weight is 345 g/mol. The van der Waals surface area contributed by atoms with E-state index >= 15 is 0 Å². The Labute approximate surface area is 127 Å². The Morgan fingerprint density at radius 3 is 2.75 bits per heavy atom. The molecule has 1 aromatic rings. The molecule has 0 fully saturated rings. The maximum atomic E-state index is 10.6. The normalized spacial score (nSPS) is 11.1. The lowest BCUT2D eigenvalue weighted by molar-refractivity contribution is -0.385. The van der Waals surface area contributed by atoms with E-state index in [1.54, 1.807) is 0 Å². The lowest BCUT2D eigenvalue weighted by Crippen LogP contribution is -2.27. The number of unbranched alkanes of at least 4 members (excludes halogenated alkanes) is 1. The molecule has 1 rings (SSSR count). The first-order valence-corrected chi connectivity index (χ1v) is 7.45. The van der Waals surface area contributed by atoms with E-state index in [4.69, 9.17) is 0 Å². The molecule has 0 aliphatic rings. The van der Waals surface area contributed by atoms with Gasteiger partial charge in [-0.2, -0.15) is 0 Å². The first kappa shape index (κ1) is 16.8. The first-order chi connectivity index (χ1) is 9.41. The third-order valence-electron chi connectivity index (χ3n) is 3.15. The molecule has 0 spiro atoms. The molecule has 0 aromatic carbocycles. The second-order valence-corrected chi connectivity index (χ2v) is 5.84. The van der Waals surface area contributed by atoms with Crippen LogP contribution in [0, 0.1) is 10.1 Å². The lowest BCUT2D eigenvalue weighted by atomic mass is 10.2. The average Bonchev–Trinajstić information content (AvgIpc) is 2.39. The van der Waals surface area contributed by atoms with Gasteiger partial charge in [0.1, 0.15) is 12.0 Å². The van der Waals surface area contributed by atoms with E-state index in [0.717, 1.165) is 25.9 Å². The van der Waals surface area contributed by atoms with E-state index < -0.39 is 4.92 Å². The van der Waals surface area contributed by atoms with Gasteiger partial charge in [-0.3, -0.25) is 10.1 Å². The van der Waals surface area contributed by atoms with Crippen LogP contribution in [0.2, 0.25) is 0 Å². The Morgan fingerprint density at radius 1 is 1.50 bits per heavy atom. The zero-order valence-electron chi connectivity index (χ0n) is 12.1. The number of hydrogen-bond donors (Lipinski definition) is 1. The maximum Gasteiger partial charge on any atom is 0.288 e. The number of rotatable bonds is 8. The van der Waals surface area contributed by atoms with Crippen molar-refractivity contribution in [1.29, 1.82) is 0 Å². The number of pyridine rings is 1. The minimum atomic E-state index is -0.455. The van der Waals surface area contributed by atoms with E-state index in [1.807, 2.05) is 0 Å². The first-order valence-electron chi connectivity index (χ1n) is 6.66. The molecule has 0 saturated heterocycles. The molecule has 1 N–H and O–H groups in total. The van der Waals surface area contributed by atoms with Crippen LogP contribution in [0.3, 0.4) is 0 Å². The molecule has 0 unspecified atom stereocenters. The van der Waals surface area contributed by atoms with Crippen LogP contribution in [-0.4, -0.2) is 41.0 Å². The van der Waals surface area contributed by atoms with Gasteiger partial charge in [0.05, 0.1) is 9.40 Å². The van der Waals surface area contributed by atoms with E-state index in [2.05, 4.69) is 52.0 Å². The fourth-order valence-electron chi connectivity index (χ4n) is 1.61. The molecule has 1 heterocycles. The Hall–Kier alpha value is -1.21. The lowest BCUT2D eigenvalue weighted by Gasteiger charge is -2.20. The van der Waals surface area contributed by atoms with Crippen molar-refractivity contribution in [1.82, 2.24) is 9.88 Å². The van der Waals surface area contributed by atoms with Gasteiger partial charge in [0.2, 0.25) is 0 Å². The van der Waals surface area contributed by atoms with Gasteiger partial charge in [0.15, 0.2) is 0 Å². The summed E-state index contributed by atoms with van der Waals surface area (Å²) in [6, 6.07) is 2.02. The summed E-state index contributed by atoms with van der Waals surface area (Å²) in [6.45, 7) is 6.22. The number of nitrogens with zero attached hydrogens (tertiary/aromatic N) is 3. The van der Waals surface area contributed by atoms with Crippen LogP contribution in [0.4, 0.5) is 11.5 Å². The molecule has 6 nitrogen and oxygen atoms in total. The third kappa shape index (κ3) is 5.42. The molecule has 112 valence electrons. The summed E-state index contributed by atoms with van der Waals surface area (Å²) < 4.78 is 0.617. The van der Waals surface area contributed by atoms with E-state index in [0.29, 0.717) is 16.3 Å². The van der Waals surface area contributed by atoms with Gasteiger partial charge in [0.25, 0.3) is 5.69 Å². The molecule has 0 saturated carbocycles. The van der Waals surface area contributed by atoms with Crippen molar-refractivity contribution in [3.8, 4) is 0 Å². The standard InChI is InChI=1S/C13H21BrN4O2/c1-10(2)17(3)7-5-4-6-15-13-12(14)8-11(9-16-13)18(19)20/h8-10H,4-7H2,1-3H3,(H,15,16). The summed E-state index contributed by atoms with van der Waals surface area (Å²) in [5, 5.41) is 13.8. The predicted octanol–water partition coefficient (Wildman–Crippen LogP) is 3.28. The fourth-order valence-corrected chi connectivity index (χ4v) is 2.09. The van der Waals surface area contributed by atoms with Crippen LogP contribution in [0.1, 0.15) is 26.7 Å². The van der Waals surface area contributed by atoms with Crippen LogP contribution < -0.4 is 5.32 Å². The summed E-state index contributed by atoms with van der Waals surface area (Å²) in [7, 11) is 2.12. The van der Waals surface area contributed by atoms with Gasteiger partial charge in [0, 0.05) is 18.7 Å². The van der Waals surface area contributed by atoms with Crippen molar-refractivity contribution in [2.75, 3.05) is 25.5 Å². The molecule has 0 aliphatic heterocycles. The topological polar surface area (TPSA) is 71.3 Å². The number of hydrogen-bond acceptors (Lipinski definition) is 5. The van der Waals surface area contributed by atoms with E-state index in [1.165, 1.54) is 12.3 Å². The highest BCUT2D eigenvalue weighted by atomic mass is 79.9. The van der Waals surface area contributed by atoms with Gasteiger partial charge in [-0.25, -0.2) is 4.98 Å². The van der Waals surface area contributed by atoms with Gasteiger partial charge in [-0.05, 0) is 56.2 Å². The number of anilines is 1. The summed E-state index contributed by atoms with van der Waals surface area (Å²) >= 11 is 3.29. The smallest absolute Gasteiger partial charge is 0.288 e. The Balaban J connectivity index is 2.34. The van der Waals surface area contributed by atoms with Gasteiger partial charge >= 0.3 is 0 Å². The number of halogens is 1. The molecule has 0 aliphatic carbocycles. The molecule has 0 radical (unpaired) electrons. The van der Waals surface area contributed by atoms with Crippen LogP contribution in [0.25, 0.3) is 0 Å². The fraction of sp³-hybridized carbons (Fsp3) is 0.615. The SMILES string of the molecule is CC(C)N(C)CCCCNc1ncc([N+](=O)[O-])cc1Br. The van der Waals surface area contributed by atoms with E-state index in [9.17, 15) is 10.1 Å². The van der Waals surface area contributed by atoms with Crippen molar-refractivity contribution in [3.05, 3.63) is 26.9 Å². The third-order valence-corrected chi connectivity index (χ3v) is 3.75. The second kappa shape index (κ2) is 8.16. The number of nitrogens with one attached hydrogen (secondary N) is 1. The minimum absolute atomic E-state index is 0.0130. The van der Waals surface area contributed by atoms with Crippen LogP contribution >= 0.6 is 15.9 Å². The van der Waals surface area contributed by atoms with Crippen molar-refractivity contribution >= 4 is 27.4 Å². The van der Waals surface area contributed by atoms with Crippen molar-refractivity contribution in [2.45, 2.75) is 32.7 Å². The summed E-state index contributed by atoms with van der Waals surface area (Å²) in [5.41, 5.74) is -0.0130. The predicted molar refractivity (Wildman–Crippen MR) is 84.1 cm³/mol.